The van der Waals surface area contributed by atoms with E-state index in [1.807, 2.05) is 0 Å². The molecular formula is C16H16F16INO3Si. The fourth-order valence-corrected chi connectivity index (χ4v) is 7.93. The first-order valence-electron chi connectivity index (χ1n) is 10.1. The second kappa shape index (κ2) is 10.5. The molecule has 2 bridgehead atoms. The van der Waals surface area contributed by atoms with Gasteiger partial charge in [-0.05, 0) is 0 Å². The molecule has 0 spiro atoms. The molecule has 3 rings (SSSR count). The number of fused-ring (bicyclic) bond motifs is 6. The Hall–Kier alpha value is -0.333. The van der Waals surface area contributed by atoms with Crippen molar-refractivity contribution in [2.24, 2.45) is 0 Å². The molecular weight excluding hydrogens is 713 g/mol. The zero-order valence-electron chi connectivity index (χ0n) is 18.2. The van der Waals surface area contributed by atoms with Gasteiger partial charge in [0.2, 0.25) is 0 Å². The molecule has 226 valence electrons. The highest BCUT2D eigenvalue weighted by Gasteiger charge is 2.93. The number of rotatable bonds is 10. The molecule has 3 heterocycles. The van der Waals surface area contributed by atoms with Gasteiger partial charge in [-0.3, -0.25) is 4.90 Å². The maximum Gasteiger partial charge on any atom is 0.514 e. The van der Waals surface area contributed by atoms with E-state index in [1.165, 1.54) is 0 Å². The largest absolute Gasteiger partial charge is 0.514 e. The predicted octanol–water partition coefficient (Wildman–Crippen LogP) is 5.75. The molecule has 0 saturated carbocycles. The van der Waals surface area contributed by atoms with E-state index in [0.29, 0.717) is 0 Å². The van der Waals surface area contributed by atoms with Gasteiger partial charge < -0.3 is 13.3 Å². The van der Waals surface area contributed by atoms with Crippen LogP contribution in [0.25, 0.3) is 0 Å². The zero-order valence-corrected chi connectivity index (χ0v) is 21.4. The van der Waals surface area contributed by atoms with Crippen LogP contribution in [-0.2, 0) is 13.3 Å². The summed E-state index contributed by atoms with van der Waals surface area (Å²) in [5.74, 6) is -54.7. The summed E-state index contributed by atoms with van der Waals surface area (Å²) >= 11 is 0.922. The van der Waals surface area contributed by atoms with Crippen molar-refractivity contribution < 1.29 is 83.5 Å². The molecule has 3 aliphatic rings. The van der Waals surface area contributed by atoms with Crippen LogP contribution in [0.15, 0.2) is 0 Å². The van der Waals surface area contributed by atoms with Crippen LogP contribution in [0.5, 0.6) is 0 Å². The lowest BCUT2D eigenvalue weighted by molar-refractivity contribution is -0.447. The number of hydrogen-bond donors (Lipinski definition) is 0. The summed E-state index contributed by atoms with van der Waals surface area (Å²) in [5.41, 5.74) is 0. The Morgan fingerprint density at radius 2 is 0.947 bits per heavy atom. The molecule has 0 aromatic rings. The predicted molar refractivity (Wildman–Crippen MR) is 103 cm³/mol. The zero-order chi connectivity index (χ0) is 29.8. The SMILES string of the molecule is FC(F)C(F)(F)C(F)(F)C(F)(F)C(F)(F)C(F)(F)C(F)(F)C(F)(F)CC(I)[Si]12OCCN(CCO1)CCO2. The van der Waals surface area contributed by atoms with Crippen LogP contribution in [0.1, 0.15) is 6.42 Å². The summed E-state index contributed by atoms with van der Waals surface area (Å²) in [7, 11) is -4.46. The summed E-state index contributed by atoms with van der Waals surface area (Å²) < 4.78 is 231. The van der Waals surface area contributed by atoms with Crippen molar-refractivity contribution in [1.82, 2.24) is 4.90 Å². The van der Waals surface area contributed by atoms with Gasteiger partial charge in [-0.2, -0.15) is 61.5 Å². The van der Waals surface area contributed by atoms with Gasteiger partial charge in [0.15, 0.2) is 0 Å². The van der Waals surface area contributed by atoms with Gasteiger partial charge in [-0.1, -0.05) is 22.6 Å². The monoisotopic (exact) mass is 729 g/mol. The van der Waals surface area contributed by atoms with Crippen molar-refractivity contribution in [1.29, 1.82) is 0 Å². The molecule has 0 aromatic carbocycles. The average Bonchev–Trinajstić information content (AvgIpc) is 2.71. The minimum atomic E-state index is -8.42. The molecule has 4 nitrogen and oxygen atoms in total. The molecule has 38 heavy (non-hydrogen) atoms. The lowest BCUT2D eigenvalue weighted by Crippen LogP contribution is -2.74. The highest BCUT2D eigenvalue weighted by molar-refractivity contribution is 14.1. The van der Waals surface area contributed by atoms with Gasteiger partial charge in [0.05, 0.1) is 23.4 Å². The van der Waals surface area contributed by atoms with Gasteiger partial charge in [-0.25, -0.2) is 8.78 Å². The van der Waals surface area contributed by atoms with Crippen LogP contribution in [0, 0.1) is 0 Å². The third kappa shape index (κ3) is 5.10. The molecule has 0 radical (unpaired) electrons. The Morgan fingerprint density at radius 1 is 0.605 bits per heavy atom. The highest BCUT2D eigenvalue weighted by atomic mass is 127. The van der Waals surface area contributed by atoms with Gasteiger partial charge in [0, 0.05) is 26.1 Å². The first-order chi connectivity index (χ1) is 16.9. The second-order valence-corrected chi connectivity index (χ2v) is 13.6. The van der Waals surface area contributed by atoms with E-state index in [0.717, 1.165) is 22.6 Å². The van der Waals surface area contributed by atoms with Crippen molar-refractivity contribution in [3.63, 3.8) is 0 Å². The third-order valence-corrected chi connectivity index (χ3v) is 11.2. The van der Waals surface area contributed by atoms with E-state index in [4.69, 9.17) is 13.3 Å². The Bertz CT molecular complexity index is 821. The summed E-state index contributed by atoms with van der Waals surface area (Å²) in [6.45, 7) is -0.429. The summed E-state index contributed by atoms with van der Waals surface area (Å²) in [6.07, 6.45) is -8.46. The minimum absolute atomic E-state index is 0.161. The molecule has 1 atom stereocenters. The fraction of sp³-hybridized carbons (Fsp3) is 1.00. The topological polar surface area (TPSA) is 30.9 Å². The highest BCUT2D eigenvalue weighted by Crippen LogP contribution is 2.63. The molecule has 3 aliphatic heterocycles. The molecule has 0 N–H and O–H groups in total. The maximum atomic E-state index is 14.5. The van der Waals surface area contributed by atoms with Gasteiger partial charge in [0.1, 0.15) is 0 Å². The van der Waals surface area contributed by atoms with E-state index >= 15 is 0 Å². The number of halogens is 17. The summed E-state index contributed by atoms with van der Waals surface area (Å²) in [6, 6.07) is 0. The molecule has 3 fully saturated rings. The van der Waals surface area contributed by atoms with Crippen LogP contribution in [-0.4, -0.2) is 105 Å². The van der Waals surface area contributed by atoms with Crippen molar-refractivity contribution in [3.05, 3.63) is 0 Å². The van der Waals surface area contributed by atoms with Crippen molar-refractivity contribution >= 4 is 31.4 Å². The number of nitrogens with zero attached hydrogens (tertiary/aromatic N) is 1. The Kier molecular flexibility index (Phi) is 9.35. The van der Waals surface area contributed by atoms with E-state index in [2.05, 4.69) is 0 Å². The standard InChI is InChI=1S/C16H16F16INO3Si/c17-9(18)11(21,22)13(25,26)15(29,30)16(31,32)14(27,28)12(23,24)10(19,20)7-8(33)38-35-4-1-34(2-5-36-38)3-6-37-38/h8-9H,1-7H2. The Labute approximate surface area is 217 Å². The van der Waals surface area contributed by atoms with Crippen LogP contribution in [0.2, 0.25) is 0 Å². The van der Waals surface area contributed by atoms with Crippen molar-refractivity contribution in [2.45, 2.75) is 57.9 Å². The molecule has 0 amide bonds. The van der Waals surface area contributed by atoms with Crippen molar-refractivity contribution in [3.8, 4) is 0 Å². The number of alkyl halides is 17. The van der Waals surface area contributed by atoms with E-state index in [9.17, 15) is 70.2 Å². The van der Waals surface area contributed by atoms with Crippen molar-refractivity contribution in [2.75, 3.05) is 39.5 Å². The van der Waals surface area contributed by atoms with E-state index in [-0.39, 0.29) is 39.5 Å². The maximum absolute atomic E-state index is 14.5. The second-order valence-electron chi connectivity index (χ2n) is 8.16. The fourth-order valence-electron chi connectivity index (χ4n) is 3.33. The molecule has 0 aliphatic carbocycles. The van der Waals surface area contributed by atoms with Gasteiger partial charge in [-0.15, -0.1) is 0 Å². The van der Waals surface area contributed by atoms with Gasteiger partial charge in [0.25, 0.3) is 0 Å². The lowest BCUT2D eigenvalue weighted by Gasteiger charge is -2.44. The van der Waals surface area contributed by atoms with E-state index in [1.54, 1.807) is 4.90 Å². The van der Waals surface area contributed by atoms with Crippen LogP contribution in [0.3, 0.4) is 0 Å². The quantitative estimate of drug-likeness (QED) is 0.124. The van der Waals surface area contributed by atoms with Crippen LogP contribution >= 0.6 is 22.6 Å². The first-order valence-corrected chi connectivity index (χ1v) is 13.1. The normalized spacial score (nSPS) is 26.2. The molecule has 1 unspecified atom stereocenters. The molecule has 22 heteroatoms. The Balaban J connectivity index is 2.44. The minimum Gasteiger partial charge on any atom is -0.371 e. The first kappa shape index (κ1) is 33.9. The Morgan fingerprint density at radius 3 is 1.32 bits per heavy atom. The summed E-state index contributed by atoms with van der Waals surface area (Å²) in [4.78, 5) is 1.71. The number of hydrogen-bond acceptors (Lipinski definition) is 4. The molecule has 0 aromatic heterocycles. The third-order valence-electron chi connectivity index (χ3n) is 5.68. The summed E-state index contributed by atoms with van der Waals surface area (Å²) in [5, 5.41) is 0. The smallest absolute Gasteiger partial charge is 0.371 e. The van der Waals surface area contributed by atoms with Crippen LogP contribution < -0.4 is 0 Å². The van der Waals surface area contributed by atoms with E-state index < -0.39 is 66.7 Å². The van der Waals surface area contributed by atoms with Gasteiger partial charge >= 0.3 is 56.7 Å². The average molecular weight is 729 g/mol. The lowest BCUT2D eigenvalue weighted by atomic mass is 9.88. The molecule has 3 saturated heterocycles. The van der Waals surface area contributed by atoms with Crippen LogP contribution in [0.4, 0.5) is 70.2 Å².